The molecule has 206 valence electrons. The van der Waals surface area contributed by atoms with Crippen LogP contribution in [0.1, 0.15) is 26.3 Å². The average Bonchev–Trinajstić information content (AvgIpc) is 2.97. The highest BCUT2D eigenvalue weighted by Crippen LogP contribution is 2.23. The van der Waals surface area contributed by atoms with Crippen LogP contribution in [0.4, 0.5) is 11.4 Å². The summed E-state index contributed by atoms with van der Waals surface area (Å²) in [6.45, 7) is 0. The summed E-state index contributed by atoms with van der Waals surface area (Å²) >= 11 is 7.57. The van der Waals surface area contributed by atoms with Crippen LogP contribution >= 0.6 is 23.4 Å². The third-order valence-corrected chi connectivity index (χ3v) is 6.99. The van der Waals surface area contributed by atoms with Crippen LogP contribution in [0.3, 0.4) is 0 Å². The molecule has 0 aliphatic rings. The normalized spacial score (nSPS) is 10.9. The van der Waals surface area contributed by atoms with Gasteiger partial charge in [0, 0.05) is 32.4 Å². The number of carbonyl (C=O) groups excluding carboxylic acids is 4. The lowest BCUT2D eigenvalue weighted by molar-refractivity contribution is -0.114. The van der Waals surface area contributed by atoms with Gasteiger partial charge in [0.2, 0.25) is 11.8 Å². The van der Waals surface area contributed by atoms with Crippen LogP contribution in [-0.2, 0) is 9.59 Å². The van der Waals surface area contributed by atoms with Crippen LogP contribution in [0.15, 0.2) is 114 Å². The summed E-state index contributed by atoms with van der Waals surface area (Å²) in [5, 5.41) is 8.67. The van der Waals surface area contributed by atoms with Crippen LogP contribution < -0.4 is 21.7 Å². The number of hydrogen-bond donors (Lipinski definition) is 4. The lowest BCUT2D eigenvalue weighted by Gasteiger charge is -2.12. The van der Waals surface area contributed by atoms with Crippen molar-refractivity contribution in [2.24, 2.45) is 5.73 Å². The zero-order chi connectivity index (χ0) is 29.2. The number of carbonyl (C=O) groups is 4. The molecule has 0 fully saturated rings. The molecule has 0 saturated heterocycles. The third-order valence-electron chi connectivity index (χ3n) is 5.65. The predicted octanol–water partition coefficient (Wildman–Crippen LogP) is 5.58. The van der Waals surface area contributed by atoms with Gasteiger partial charge in [0.15, 0.2) is 0 Å². The van der Waals surface area contributed by atoms with Gasteiger partial charge in [0.05, 0.1) is 5.75 Å². The van der Waals surface area contributed by atoms with Gasteiger partial charge in [-0.15, -0.1) is 11.8 Å². The monoisotopic (exact) mass is 584 g/mol. The summed E-state index contributed by atoms with van der Waals surface area (Å²) in [5.41, 5.74) is 7.56. The Morgan fingerprint density at radius 2 is 1.46 bits per heavy atom. The van der Waals surface area contributed by atoms with E-state index in [9.17, 15) is 19.2 Å². The molecule has 4 aromatic rings. The maximum Gasteiger partial charge on any atom is 0.272 e. The molecular weight excluding hydrogens is 560 g/mol. The molecule has 0 aliphatic heterocycles. The molecule has 4 aromatic carbocycles. The molecule has 5 N–H and O–H groups in total. The van der Waals surface area contributed by atoms with Gasteiger partial charge in [-0.3, -0.25) is 19.2 Å². The topological polar surface area (TPSA) is 130 Å². The minimum Gasteiger partial charge on any atom is -0.366 e. The number of halogens is 1. The van der Waals surface area contributed by atoms with Crippen LogP contribution in [0.25, 0.3) is 6.08 Å². The molecule has 0 saturated carbocycles. The van der Waals surface area contributed by atoms with E-state index < -0.39 is 17.7 Å². The third kappa shape index (κ3) is 8.56. The van der Waals surface area contributed by atoms with Crippen LogP contribution in [0, 0.1) is 0 Å². The summed E-state index contributed by atoms with van der Waals surface area (Å²) in [7, 11) is 0. The van der Waals surface area contributed by atoms with Crippen molar-refractivity contribution >= 4 is 64.4 Å². The van der Waals surface area contributed by atoms with E-state index in [1.807, 2.05) is 6.07 Å². The zero-order valence-electron chi connectivity index (χ0n) is 21.6. The maximum absolute atomic E-state index is 13.3. The Morgan fingerprint density at radius 1 is 0.756 bits per heavy atom. The Hall–Kier alpha value is -4.86. The molecule has 0 heterocycles. The van der Waals surface area contributed by atoms with Gasteiger partial charge in [0.25, 0.3) is 11.8 Å². The van der Waals surface area contributed by atoms with E-state index in [-0.39, 0.29) is 17.4 Å². The van der Waals surface area contributed by atoms with Crippen molar-refractivity contribution in [3.63, 3.8) is 0 Å². The summed E-state index contributed by atoms with van der Waals surface area (Å²) < 4.78 is 0. The minimum atomic E-state index is -0.548. The first kappa shape index (κ1) is 29.1. The fourth-order valence-electron chi connectivity index (χ4n) is 3.62. The summed E-state index contributed by atoms with van der Waals surface area (Å²) in [6.07, 6.45) is 1.51. The Kier molecular flexibility index (Phi) is 9.93. The number of anilines is 2. The summed E-state index contributed by atoms with van der Waals surface area (Å²) in [4.78, 5) is 50.5. The highest BCUT2D eigenvalue weighted by molar-refractivity contribution is 8.00. The first-order valence-corrected chi connectivity index (χ1v) is 13.7. The Balaban J connectivity index is 1.43. The standard InChI is InChI=1S/C31H25ClN4O4S/c32-26-12-5-4-9-22(26)17-27(36-30(39)21-7-2-1-3-8-21)31(40)35-24-10-6-11-25(18-24)41-19-28(37)34-23-15-13-20(14-16-23)29(33)38/h1-18H,19H2,(H2,33,38)(H,34,37)(H,35,40)(H,36,39)/b27-17+. The minimum absolute atomic E-state index is 0.00624. The second-order valence-corrected chi connectivity index (χ2v) is 10.1. The van der Waals surface area contributed by atoms with Crippen molar-refractivity contribution in [1.82, 2.24) is 5.32 Å². The SMILES string of the molecule is NC(=O)c1ccc(NC(=O)CSc2cccc(NC(=O)/C(=C\c3ccccc3Cl)NC(=O)c3ccccc3)c2)cc1. The number of amides is 4. The molecule has 0 unspecified atom stereocenters. The number of hydrogen-bond acceptors (Lipinski definition) is 5. The van der Waals surface area contributed by atoms with Crippen LogP contribution in [0.5, 0.6) is 0 Å². The van der Waals surface area contributed by atoms with E-state index in [1.54, 1.807) is 84.9 Å². The van der Waals surface area contributed by atoms with Crippen molar-refractivity contribution < 1.29 is 19.2 Å². The molecule has 4 amide bonds. The lowest BCUT2D eigenvalue weighted by Crippen LogP contribution is -2.30. The van der Waals surface area contributed by atoms with Crippen LogP contribution in [0.2, 0.25) is 5.02 Å². The van der Waals surface area contributed by atoms with E-state index in [4.69, 9.17) is 17.3 Å². The van der Waals surface area contributed by atoms with Crippen molar-refractivity contribution in [2.75, 3.05) is 16.4 Å². The number of nitrogens with two attached hydrogens (primary N) is 1. The van der Waals surface area contributed by atoms with Crippen molar-refractivity contribution in [2.45, 2.75) is 4.90 Å². The Bertz CT molecular complexity index is 1610. The first-order chi connectivity index (χ1) is 19.8. The molecular formula is C31H25ClN4O4S. The Labute approximate surface area is 246 Å². The Morgan fingerprint density at radius 3 is 2.17 bits per heavy atom. The molecule has 0 aliphatic carbocycles. The number of benzene rings is 4. The average molecular weight is 585 g/mol. The molecule has 0 atom stereocenters. The fraction of sp³-hybridized carbons (Fsp3) is 0.0323. The predicted molar refractivity (Wildman–Crippen MR) is 163 cm³/mol. The van der Waals surface area contributed by atoms with Crippen LogP contribution in [-0.4, -0.2) is 29.4 Å². The summed E-state index contributed by atoms with van der Waals surface area (Å²) in [6, 6.07) is 28.8. The van der Waals surface area contributed by atoms with E-state index in [0.29, 0.717) is 33.1 Å². The van der Waals surface area contributed by atoms with E-state index in [0.717, 1.165) is 4.90 Å². The van der Waals surface area contributed by atoms with E-state index in [1.165, 1.54) is 30.0 Å². The van der Waals surface area contributed by atoms with Gasteiger partial charge in [-0.25, -0.2) is 0 Å². The summed E-state index contributed by atoms with van der Waals surface area (Å²) in [5.74, 6) is -1.67. The highest BCUT2D eigenvalue weighted by atomic mass is 35.5. The largest absolute Gasteiger partial charge is 0.366 e. The molecule has 0 spiro atoms. The molecule has 0 bridgehead atoms. The van der Waals surface area contributed by atoms with Crippen molar-refractivity contribution in [3.8, 4) is 0 Å². The van der Waals surface area contributed by atoms with E-state index >= 15 is 0 Å². The molecule has 4 rings (SSSR count). The lowest BCUT2D eigenvalue weighted by atomic mass is 10.1. The smallest absolute Gasteiger partial charge is 0.272 e. The molecule has 0 radical (unpaired) electrons. The van der Waals surface area contributed by atoms with Gasteiger partial charge < -0.3 is 21.7 Å². The maximum atomic E-state index is 13.3. The zero-order valence-corrected chi connectivity index (χ0v) is 23.2. The number of primary amides is 1. The number of nitrogens with one attached hydrogen (secondary N) is 3. The molecule has 10 heteroatoms. The van der Waals surface area contributed by atoms with Gasteiger partial charge in [-0.2, -0.15) is 0 Å². The number of thioether (sulfide) groups is 1. The second kappa shape index (κ2) is 14.0. The van der Waals surface area contributed by atoms with Gasteiger partial charge >= 0.3 is 0 Å². The number of rotatable bonds is 10. The van der Waals surface area contributed by atoms with E-state index in [2.05, 4.69) is 16.0 Å². The van der Waals surface area contributed by atoms with Gasteiger partial charge in [0.1, 0.15) is 5.70 Å². The highest BCUT2D eigenvalue weighted by Gasteiger charge is 2.16. The fourth-order valence-corrected chi connectivity index (χ4v) is 4.56. The van der Waals surface area contributed by atoms with Gasteiger partial charge in [-0.1, -0.05) is 54.1 Å². The van der Waals surface area contributed by atoms with Gasteiger partial charge in [-0.05, 0) is 72.3 Å². The van der Waals surface area contributed by atoms with Crippen molar-refractivity contribution in [3.05, 3.63) is 131 Å². The second-order valence-electron chi connectivity index (χ2n) is 8.66. The molecule has 8 nitrogen and oxygen atoms in total. The van der Waals surface area contributed by atoms with Crippen molar-refractivity contribution in [1.29, 1.82) is 0 Å². The molecule has 0 aromatic heterocycles. The first-order valence-electron chi connectivity index (χ1n) is 12.3. The quantitative estimate of drug-likeness (QED) is 0.143. The molecule has 41 heavy (non-hydrogen) atoms.